The maximum atomic E-state index is 12.9. The van der Waals surface area contributed by atoms with Crippen molar-refractivity contribution in [2.24, 2.45) is 0 Å². The summed E-state index contributed by atoms with van der Waals surface area (Å²) in [5.41, 5.74) is 3.59. The second-order valence-corrected chi connectivity index (χ2v) is 9.09. The third-order valence-corrected chi connectivity index (χ3v) is 7.02. The first-order chi connectivity index (χ1) is 15.8. The summed E-state index contributed by atoms with van der Waals surface area (Å²) in [6, 6.07) is 20.8. The van der Waals surface area contributed by atoms with Crippen molar-refractivity contribution in [3.05, 3.63) is 72.6 Å². The molecule has 0 unspecified atom stereocenters. The van der Waals surface area contributed by atoms with Gasteiger partial charge in [-0.25, -0.2) is 9.97 Å². The Morgan fingerprint density at radius 3 is 2.47 bits per heavy atom. The molecule has 2 aliphatic heterocycles. The fourth-order valence-corrected chi connectivity index (χ4v) is 5.16. The van der Waals surface area contributed by atoms with Crippen LogP contribution in [-0.4, -0.2) is 54.4 Å². The molecule has 164 valence electrons. The normalized spacial score (nSPS) is 16.1. The van der Waals surface area contributed by atoms with Crippen molar-refractivity contribution in [2.45, 2.75) is 17.9 Å². The number of hydrogen-bond donors (Lipinski definition) is 0. The number of para-hydroxylation sites is 2. The van der Waals surface area contributed by atoms with Crippen LogP contribution in [0.15, 0.2) is 72.0 Å². The summed E-state index contributed by atoms with van der Waals surface area (Å²) in [6.07, 6.45) is 3.67. The zero-order valence-corrected chi connectivity index (χ0v) is 18.9. The highest BCUT2D eigenvalue weighted by atomic mass is 32.2. The number of amides is 1. The predicted octanol–water partition coefficient (Wildman–Crippen LogP) is 3.87. The number of aryl methyl sites for hydroxylation is 1. The molecular weight excluding hydrogens is 418 g/mol. The maximum Gasteiger partial charge on any atom is 0.237 e. The van der Waals surface area contributed by atoms with Gasteiger partial charge in [0.1, 0.15) is 17.2 Å². The molecule has 3 aromatic rings. The fourth-order valence-electron chi connectivity index (χ4n) is 4.42. The number of piperazine rings is 1. The highest BCUT2D eigenvalue weighted by molar-refractivity contribution is 7.99. The van der Waals surface area contributed by atoms with E-state index in [0.717, 1.165) is 62.1 Å². The van der Waals surface area contributed by atoms with E-state index in [0.29, 0.717) is 5.75 Å². The van der Waals surface area contributed by atoms with Crippen LogP contribution in [0.5, 0.6) is 0 Å². The molecule has 1 fully saturated rings. The number of thioether (sulfide) groups is 1. The molecule has 1 saturated heterocycles. The quantitative estimate of drug-likeness (QED) is 0.439. The Labute approximate surface area is 193 Å². The first kappa shape index (κ1) is 20.8. The number of fused-ring (bicyclic) bond motifs is 1. The number of rotatable bonds is 5. The standard InChI is InChI=1S/C25H27N5OS/c31-25(30-12-6-8-20-7-4-5-11-22(20)30)18-32-24-17-23(26-19-27-24)29-15-13-28(14-16-29)21-9-2-1-3-10-21/h1-5,7,9-11,17,19H,6,8,12-16,18H2. The van der Waals surface area contributed by atoms with E-state index in [1.807, 2.05) is 23.1 Å². The smallest absolute Gasteiger partial charge is 0.237 e. The minimum atomic E-state index is 0.138. The zero-order chi connectivity index (χ0) is 21.8. The third kappa shape index (κ3) is 4.58. The first-order valence-electron chi connectivity index (χ1n) is 11.2. The average Bonchev–Trinajstić information content (AvgIpc) is 2.88. The minimum absolute atomic E-state index is 0.138. The van der Waals surface area contributed by atoms with Gasteiger partial charge in [-0.15, -0.1) is 0 Å². The van der Waals surface area contributed by atoms with Gasteiger partial charge in [-0.2, -0.15) is 0 Å². The van der Waals surface area contributed by atoms with Gasteiger partial charge in [-0.1, -0.05) is 48.2 Å². The van der Waals surface area contributed by atoms with Crippen molar-refractivity contribution in [3.63, 3.8) is 0 Å². The summed E-state index contributed by atoms with van der Waals surface area (Å²) >= 11 is 1.49. The third-order valence-electron chi connectivity index (χ3n) is 6.11. The Kier molecular flexibility index (Phi) is 6.25. The van der Waals surface area contributed by atoms with Crippen molar-refractivity contribution < 1.29 is 4.79 Å². The lowest BCUT2D eigenvalue weighted by molar-refractivity contribution is -0.116. The molecule has 2 aromatic carbocycles. The van der Waals surface area contributed by atoms with E-state index in [1.54, 1.807) is 6.33 Å². The van der Waals surface area contributed by atoms with Crippen LogP contribution in [0.3, 0.4) is 0 Å². The summed E-state index contributed by atoms with van der Waals surface area (Å²) < 4.78 is 0. The van der Waals surface area contributed by atoms with E-state index >= 15 is 0 Å². The van der Waals surface area contributed by atoms with Crippen LogP contribution in [0.4, 0.5) is 17.2 Å². The SMILES string of the molecule is O=C(CSc1cc(N2CCN(c3ccccc3)CC2)ncn1)N1CCCc2ccccc21. The lowest BCUT2D eigenvalue weighted by Crippen LogP contribution is -2.46. The molecular formula is C25H27N5OS. The van der Waals surface area contributed by atoms with E-state index in [4.69, 9.17) is 0 Å². The average molecular weight is 446 g/mol. The lowest BCUT2D eigenvalue weighted by Gasteiger charge is -2.36. The van der Waals surface area contributed by atoms with Gasteiger partial charge in [-0.3, -0.25) is 4.79 Å². The Morgan fingerprint density at radius 2 is 1.62 bits per heavy atom. The molecule has 32 heavy (non-hydrogen) atoms. The van der Waals surface area contributed by atoms with Crippen LogP contribution in [-0.2, 0) is 11.2 Å². The van der Waals surface area contributed by atoms with Gasteiger partial charge in [0.05, 0.1) is 5.75 Å². The van der Waals surface area contributed by atoms with Crippen molar-refractivity contribution in [1.29, 1.82) is 0 Å². The Balaban J connectivity index is 1.19. The van der Waals surface area contributed by atoms with Gasteiger partial charge in [0.2, 0.25) is 5.91 Å². The molecule has 0 aliphatic carbocycles. The Bertz CT molecular complexity index is 1070. The molecule has 2 aliphatic rings. The first-order valence-corrected chi connectivity index (χ1v) is 12.1. The minimum Gasteiger partial charge on any atom is -0.368 e. The molecule has 1 aromatic heterocycles. The zero-order valence-electron chi connectivity index (χ0n) is 18.1. The van der Waals surface area contributed by atoms with Gasteiger partial charge in [-0.05, 0) is 36.6 Å². The van der Waals surface area contributed by atoms with E-state index in [-0.39, 0.29) is 5.91 Å². The van der Waals surface area contributed by atoms with E-state index in [9.17, 15) is 4.79 Å². The summed E-state index contributed by atoms with van der Waals surface area (Å²) in [5, 5.41) is 0.846. The summed E-state index contributed by atoms with van der Waals surface area (Å²) in [7, 11) is 0. The molecule has 7 heteroatoms. The highest BCUT2D eigenvalue weighted by Crippen LogP contribution is 2.28. The van der Waals surface area contributed by atoms with Crippen LogP contribution in [0.2, 0.25) is 0 Å². The topological polar surface area (TPSA) is 52.6 Å². The van der Waals surface area contributed by atoms with Crippen molar-refractivity contribution in [1.82, 2.24) is 9.97 Å². The van der Waals surface area contributed by atoms with E-state index < -0.39 is 0 Å². The predicted molar refractivity (Wildman–Crippen MR) is 131 cm³/mol. The van der Waals surface area contributed by atoms with Gasteiger partial charge in [0, 0.05) is 50.2 Å². The molecule has 0 bridgehead atoms. The van der Waals surface area contributed by atoms with Crippen molar-refractivity contribution in [2.75, 3.05) is 53.2 Å². The second kappa shape index (κ2) is 9.61. The van der Waals surface area contributed by atoms with Gasteiger partial charge >= 0.3 is 0 Å². The monoisotopic (exact) mass is 445 g/mol. The Morgan fingerprint density at radius 1 is 0.875 bits per heavy atom. The molecule has 3 heterocycles. The molecule has 1 amide bonds. The van der Waals surface area contributed by atoms with Crippen molar-refractivity contribution >= 4 is 34.9 Å². The largest absolute Gasteiger partial charge is 0.368 e. The van der Waals surface area contributed by atoms with Gasteiger partial charge < -0.3 is 14.7 Å². The number of nitrogens with zero attached hydrogens (tertiary/aromatic N) is 5. The number of anilines is 3. The number of carbonyl (C=O) groups is 1. The summed E-state index contributed by atoms with van der Waals surface area (Å²) in [4.78, 5) is 28.5. The Hall–Kier alpha value is -3.06. The molecule has 0 spiro atoms. The van der Waals surface area contributed by atoms with Gasteiger partial charge in [0.25, 0.3) is 0 Å². The maximum absolute atomic E-state index is 12.9. The molecule has 0 saturated carbocycles. The van der Waals surface area contributed by atoms with Crippen LogP contribution < -0.4 is 14.7 Å². The van der Waals surface area contributed by atoms with Crippen LogP contribution in [0.1, 0.15) is 12.0 Å². The second-order valence-electron chi connectivity index (χ2n) is 8.09. The van der Waals surface area contributed by atoms with Crippen LogP contribution in [0.25, 0.3) is 0 Å². The summed E-state index contributed by atoms with van der Waals surface area (Å²) in [5.74, 6) is 1.46. The molecule has 0 atom stereocenters. The summed E-state index contributed by atoms with van der Waals surface area (Å²) in [6.45, 7) is 4.54. The van der Waals surface area contributed by atoms with Gasteiger partial charge in [0.15, 0.2) is 0 Å². The lowest BCUT2D eigenvalue weighted by atomic mass is 10.0. The molecule has 6 nitrogen and oxygen atoms in total. The molecule has 0 N–H and O–H groups in total. The van der Waals surface area contributed by atoms with E-state index in [2.05, 4.69) is 62.2 Å². The molecule has 5 rings (SSSR count). The number of aromatic nitrogens is 2. The fraction of sp³-hybridized carbons (Fsp3) is 0.320. The number of hydrogen-bond acceptors (Lipinski definition) is 6. The number of carbonyl (C=O) groups excluding carboxylic acids is 1. The highest BCUT2D eigenvalue weighted by Gasteiger charge is 2.23. The van der Waals surface area contributed by atoms with E-state index in [1.165, 1.54) is 23.0 Å². The van der Waals surface area contributed by atoms with Crippen molar-refractivity contribution in [3.8, 4) is 0 Å². The van der Waals surface area contributed by atoms with Crippen LogP contribution in [0, 0.1) is 0 Å². The molecule has 0 radical (unpaired) electrons. The number of benzene rings is 2. The van der Waals surface area contributed by atoms with Crippen LogP contribution >= 0.6 is 11.8 Å².